The minimum Gasteiger partial charge on any atom is -0.512 e. The Balaban J connectivity index is 2.31. The molecule has 0 aromatic heterocycles. The molecule has 0 spiro atoms. The van der Waals surface area contributed by atoms with E-state index in [0.717, 1.165) is 11.3 Å². The second-order valence-electron chi connectivity index (χ2n) is 13.6. The number of carbonyl (C=O) groups excluding carboxylic acids is 4. The zero-order valence-electron chi connectivity index (χ0n) is 32.8. The van der Waals surface area contributed by atoms with Gasteiger partial charge in [0.1, 0.15) is 23.5 Å². The number of hydrogen-bond acceptors (Lipinski definition) is 10. The highest BCUT2D eigenvalue weighted by Gasteiger charge is 2.26. The molecule has 1 aliphatic heterocycles. The lowest BCUT2D eigenvalue weighted by molar-refractivity contribution is -0.146. The Labute approximate surface area is 324 Å². The van der Waals surface area contributed by atoms with E-state index in [-0.39, 0.29) is 60.2 Å². The number of amides is 3. The van der Waals surface area contributed by atoms with Crippen molar-refractivity contribution in [2.75, 3.05) is 0 Å². The lowest BCUT2D eigenvalue weighted by Crippen LogP contribution is -2.37. The van der Waals surface area contributed by atoms with Crippen LogP contribution in [0.5, 0.6) is 5.75 Å². The minimum absolute atomic E-state index is 0.0244. The number of cyclic esters (lactones) is 1. The van der Waals surface area contributed by atoms with Crippen LogP contribution >= 0.6 is 0 Å². The molecule has 1 aromatic rings. The van der Waals surface area contributed by atoms with Crippen molar-refractivity contribution in [1.29, 1.82) is 0 Å². The third-order valence-corrected chi connectivity index (χ3v) is 9.07. The van der Waals surface area contributed by atoms with Crippen LogP contribution in [0.25, 0.3) is 0 Å². The normalized spacial score (nSPS) is 21.0. The van der Waals surface area contributed by atoms with Crippen LogP contribution in [0.1, 0.15) is 96.0 Å². The van der Waals surface area contributed by atoms with E-state index >= 15 is 0 Å². The number of phenolic OH excluding ortho intramolecular Hbond substituents is 1. The van der Waals surface area contributed by atoms with Gasteiger partial charge in [0.05, 0.1) is 23.5 Å². The Morgan fingerprint density at radius 3 is 2.56 bits per heavy atom. The van der Waals surface area contributed by atoms with Crippen molar-refractivity contribution in [1.82, 2.24) is 10.2 Å². The Morgan fingerprint density at radius 1 is 1.13 bits per heavy atom. The molecule has 0 saturated heterocycles. The number of hydrogen-bond donors (Lipinski definition) is 5. The largest absolute Gasteiger partial charge is 0.512 e. The summed E-state index contributed by atoms with van der Waals surface area (Å²) in [6.07, 6.45) is 17.9. The Morgan fingerprint density at radius 2 is 1.87 bits per heavy atom. The maximum atomic E-state index is 13.4. The van der Waals surface area contributed by atoms with E-state index in [2.05, 4.69) is 5.32 Å². The van der Waals surface area contributed by atoms with E-state index in [1.54, 1.807) is 18.2 Å². The fourth-order valence-electron chi connectivity index (χ4n) is 5.48. The molecule has 1 aliphatic rings. The number of aromatic hydroxyl groups is 1. The van der Waals surface area contributed by atoms with Gasteiger partial charge < -0.3 is 35.2 Å². The maximum absolute atomic E-state index is 13.4. The van der Waals surface area contributed by atoms with Crippen molar-refractivity contribution in [3.63, 3.8) is 0 Å². The molecule has 12 heteroatoms. The van der Waals surface area contributed by atoms with Crippen LogP contribution in [0.4, 0.5) is 4.79 Å². The maximum Gasteiger partial charge on any atom is 0.342 e. The van der Waals surface area contributed by atoms with Gasteiger partial charge >= 0.3 is 18.0 Å². The average Bonchev–Trinajstić information content (AvgIpc) is 3.14. The van der Waals surface area contributed by atoms with E-state index in [1.165, 1.54) is 56.6 Å². The third-order valence-electron chi connectivity index (χ3n) is 9.07. The number of aliphatic hydroxyl groups is 3. The van der Waals surface area contributed by atoms with E-state index in [0.29, 0.717) is 18.4 Å². The molecule has 6 atom stereocenters. The lowest BCUT2D eigenvalue weighted by Gasteiger charge is -2.24. The minimum atomic E-state index is -0.862. The van der Waals surface area contributed by atoms with E-state index in [4.69, 9.17) is 9.47 Å². The summed E-state index contributed by atoms with van der Waals surface area (Å²) in [5.41, 5.74) is 0.647. The molecule has 2 rings (SSSR count). The quantitative estimate of drug-likeness (QED) is 0.0397. The summed E-state index contributed by atoms with van der Waals surface area (Å²) in [6.45, 7) is 10.3. The monoisotopic (exact) mass is 762 g/mol. The topological polar surface area (TPSA) is 183 Å². The molecule has 1 unspecified atom stereocenters. The summed E-state index contributed by atoms with van der Waals surface area (Å²) in [5, 5.41) is 44.5. The van der Waals surface area contributed by atoms with Crippen molar-refractivity contribution in [2.24, 2.45) is 11.8 Å². The lowest BCUT2D eigenvalue weighted by atomic mass is 9.93. The fraction of sp³-hybridized carbons (Fsp3) is 0.442. The number of nitrogens with one attached hydrogen (secondary N) is 1. The number of allylic oxidation sites excluding steroid dienone is 7. The Kier molecular flexibility index (Phi) is 20.3. The molecule has 1 aromatic carbocycles. The van der Waals surface area contributed by atoms with Gasteiger partial charge in [-0.1, -0.05) is 87.6 Å². The molecule has 12 nitrogen and oxygen atoms in total. The van der Waals surface area contributed by atoms with Gasteiger partial charge in [-0.25, -0.2) is 19.3 Å². The van der Waals surface area contributed by atoms with Crippen LogP contribution in [0, 0.1) is 11.8 Å². The summed E-state index contributed by atoms with van der Waals surface area (Å²) in [6, 6.07) is 3.97. The third kappa shape index (κ3) is 16.0. The highest BCUT2D eigenvalue weighted by molar-refractivity contribution is 6.01. The molecule has 0 bridgehead atoms. The highest BCUT2D eigenvalue weighted by Crippen LogP contribution is 2.27. The molecule has 0 saturated carbocycles. The van der Waals surface area contributed by atoms with Crippen molar-refractivity contribution in [2.45, 2.75) is 111 Å². The number of fused-ring (bicyclic) bond motifs is 1. The predicted octanol–water partition coefficient (Wildman–Crippen LogP) is 7.40. The molecule has 0 radical (unpaired) electrons. The molecule has 0 fully saturated rings. The number of carbonyl (C=O) groups is 4. The van der Waals surface area contributed by atoms with Crippen molar-refractivity contribution in [3.05, 3.63) is 114 Å². The smallest absolute Gasteiger partial charge is 0.342 e. The van der Waals surface area contributed by atoms with Gasteiger partial charge in [0.25, 0.3) is 5.91 Å². The molecule has 1 heterocycles. The van der Waals surface area contributed by atoms with Gasteiger partial charge in [-0.05, 0) is 57.6 Å². The number of ether oxygens (including phenoxy) is 2. The van der Waals surface area contributed by atoms with Gasteiger partial charge in [0, 0.05) is 50.1 Å². The predicted molar refractivity (Wildman–Crippen MR) is 212 cm³/mol. The second kappa shape index (κ2) is 24.3. The summed E-state index contributed by atoms with van der Waals surface area (Å²) in [4.78, 5) is 53.4. The van der Waals surface area contributed by atoms with Crippen LogP contribution in [0.3, 0.4) is 0 Å². The van der Waals surface area contributed by atoms with Gasteiger partial charge in [0.2, 0.25) is 0 Å². The Hall–Kier alpha value is -5.20. The average molecular weight is 763 g/mol. The molecular weight excluding hydrogens is 704 g/mol. The zero-order chi connectivity index (χ0) is 40.9. The summed E-state index contributed by atoms with van der Waals surface area (Å²) < 4.78 is 11.4. The van der Waals surface area contributed by atoms with Gasteiger partial charge in [0.15, 0.2) is 0 Å². The number of phenols is 1. The van der Waals surface area contributed by atoms with Gasteiger partial charge in [-0.3, -0.25) is 4.79 Å². The number of urea groups is 1. The van der Waals surface area contributed by atoms with Crippen molar-refractivity contribution >= 4 is 23.9 Å². The first kappa shape index (κ1) is 46.0. The van der Waals surface area contributed by atoms with Gasteiger partial charge in [-0.2, -0.15) is 0 Å². The SMILES string of the molecule is C/C=C/[C@H](C)[C@H](O)C[C@H](C/C=C/NC(=O)N(/C=C/CC1C[C@@H](O)[C@@H](C)C/C=C/Cc2cccc(O)c2C(=O)O1)C(=O)/C=C\C=CCC)OC(=O)/C(C)=C(/C)O. The summed E-state index contributed by atoms with van der Waals surface area (Å²) >= 11 is 0. The Bertz CT molecular complexity index is 1650. The van der Waals surface area contributed by atoms with E-state index in [1.807, 2.05) is 58.1 Å². The number of aliphatic hydroxyl groups excluding tert-OH is 3. The summed E-state index contributed by atoms with van der Waals surface area (Å²) in [5.74, 6) is -2.96. The zero-order valence-corrected chi connectivity index (χ0v) is 32.8. The molecule has 55 heavy (non-hydrogen) atoms. The first-order valence-electron chi connectivity index (χ1n) is 18.7. The molecular formula is C43H58N2O10. The standard InChI is InChI=1S/C43H58N2O10/c1-7-9-10-11-24-39(50)45(43(53)44-25-15-21-34(27-37(48)29(3)17-8-2)54-41(51)31(5)32(6)46)26-16-22-35-28-38(49)30(4)18-12-13-19-33-20-14-23-36(47)40(33)42(52)55-35/h8-17,20,23-26,29-30,34-35,37-38,46-49H,7,18-19,21-22,27-28H2,1-6H3,(H,44,53)/b10-9?,13-12+,17-8+,24-11-,25-15+,26-16+,32-31-/t29-,30-,34-,35?,37+,38+/m0/s1. The molecule has 300 valence electrons. The van der Waals surface area contributed by atoms with Gasteiger partial charge in [-0.15, -0.1) is 0 Å². The van der Waals surface area contributed by atoms with Crippen molar-refractivity contribution < 1.29 is 49.1 Å². The van der Waals surface area contributed by atoms with Crippen molar-refractivity contribution in [3.8, 4) is 5.75 Å². The molecule has 0 aliphatic carbocycles. The number of nitrogens with zero attached hydrogens (tertiary/aromatic N) is 1. The first-order valence-corrected chi connectivity index (χ1v) is 18.7. The van der Waals surface area contributed by atoms with Crippen LogP contribution in [-0.2, 0) is 25.5 Å². The highest BCUT2D eigenvalue weighted by atomic mass is 16.5. The van der Waals surface area contributed by atoms with E-state index in [9.17, 15) is 39.6 Å². The first-order chi connectivity index (χ1) is 26.2. The van der Waals surface area contributed by atoms with E-state index < -0.39 is 48.3 Å². The van der Waals surface area contributed by atoms with Crippen LogP contribution in [0.2, 0.25) is 0 Å². The number of esters is 2. The van der Waals surface area contributed by atoms with Crippen LogP contribution in [-0.4, -0.2) is 73.6 Å². The molecule has 3 amide bonds. The van der Waals surface area contributed by atoms with Crippen LogP contribution < -0.4 is 5.32 Å². The molecule has 5 N–H and O–H groups in total. The number of imide groups is 1. The fourth-order valence-corrected chi connectivity index (χ4v) is 5.48. The summed E-state index contributed by atoms with van der Waals surface area (Å²) in [7, 11) is 0. The number of rotatable bonds is 15. The second-order valence-corrected chi connectivity index (χ2v) is 13.6. The number of benzene rings is 1. The van der Waals surface area contributed by atoms with Crippen LogP contribution in [0.15, 0.2) is 103 Å².